The minimum Gasteiger partial charge on any atom is -0.316 e. The van der Waals surface area contributed by atoms with Gasteiger partial charge in [-0.1, -0.05) is 79.7 Å². The molecule has 0 saturated heterocycles. The molecule has 28 heavy (non-hydrogen) atoms. The molecule has 0 aromatic heterocycles. The normalized spacial score (nSPS) is 12.4. The van der Waals surface area contributed by atoms with E-state index in [1.807, 2.05) is 0 Å². The third kappa shape index (κ3) is 4.71. The van der Waals surface area contributed by atoms with Crippen molar-refractivity contribution in [2.24, 2.45) is 0 Å². The van der Waals surface area contributed by atoms with E-state index in [4.69, 9.17) is 4.84 Å². The largest absolute Gasteiger partial charge is 0.316 e. The number of hydrogen-bond donors (Lipinski definition) is 0. The van der Waals surface area contributed by atoms with Crippen molar-refractivity contribution < 1.29 is 9.48 Å². The van der Waals surface area contributed by atoms with Crippen molar-refractivity contribution in [1.29, 1.82) is 0 Å². The molecule has 2 heteroatoms. The Morgan fingerprint density at radius 1 is 0.679 bits per heavy atom. The van der Waals surface area contributed by atoms with Gasteiger partial charge in [0.25, 0.3) is 0 Å². The molecule has 0 spiro atoms. The Bertz CT molecular complexity index is 910. The summed E-state index contributed by atoms with van der Waals surface area (Å²) in [5.41, 5.74) is 6.35. The second-order valence-corrected chi connectivity index (χ2v) is 7.44. The van der Waals surface area contributed by atoms with Crippen LogP contribution in [0.2, 0.25) is 0 Å². The van der Waals surface area contributed by atoms with E-state index in [0.717, 1.165) is 18.7 Å². The fourth-order valence-corrected chi connectivity index (χ4v) is 3.32. The Morgan fingerprint density at radius 2 is 1.18 bits per heavy atom. The average molecular weight is 373 g/mol. The van der Waals surface area contributed by atoms with Crippen LogP contribution in [0.25, 0.3) is 11.1 Å². The first-order valence-electron chi connectivity index (χ1n) is 10.0. The van der Waals surface area contributed by atoms with Gasteiger partial charge < -0.3 is 4.84 Å². The van der Waals surface area contributed by atoms with Crippen LogP contribution in [-0.4, -0.2) is 25.3 Å². The SMILES string of the molecule is CCC(=C(c1ccccc1)c1ccc(O[N+](C)(C)CC)cc1)c1ccccc1. The second-order valence-electron chi connectivity index (χ2n) is 7.44. The lowest BCUT2D eigenvalue weighted by Crippen LogP contribution is -2.42. The summed E-state index contributed by atoms with van der Waals surface area (Å²) < 4.78 is 0.505. The predicted octanol–water partition coefficient (Wildman–Crippen LogP) is 6.45. The molecular weight excluding hydrogens is 342 g/mol. The summed E-state index contributed by atoms with van der Waals surface area (Å²) in [5, 5.41) is 0. The lowest BCUT2D eigenvalue weighted by Gasteiger charge is -2.26. The molecule has 0 N–H and O–H groups in total. The van der Waals surface area contributed by atoms with Crippen LogP contribution in [0.5, 0.6) is 5.75 Å². The number of quaternary nitrogens is 1. The van der Waals surface area contributed by atoms with Gasteiger partial charge in [0.2, 0.25) is 0 Å². The summed E-state index contributed by atoms with van der Waals surface area (Å²) in [4.78, 5) is 6.08. The molecule has 0 aliphatic rings. The third-order valence-electron chi connectivity index (χ3n) is 5.10. The smallest absolute Gasteiger partial charge is 0.190 e. The van der Waals surface area contributed by atoms with Gasteiger partial charge in [-0.05, 0) is 53.3 Å². The number of hydrogen-bond acceptors (Lipinski definition) is 1. The highest BCUT2D eigenvalue weighted by atomic mass is 16.7. The standard InChI is InChI=1S/C26H30NO/c1-5-25(21-13-9-7-10-14-21)26(22-15-11-8-12-16-22)23-17-19-24(20-18-23)28-27(3,4)6-2/h7-20H,5-6H2,1-4H3/q+1. The zero-order valence-electron chi connectivity index (χ0n) is 17.4. The molecule has 0 radical (unpaired) electrons. The maximum atomic E-state index is 6.08. The number of rotatable bonds is 7. The van der Waals surface area contributed by atoms with Gasteiger partial charge >= 0.3 is 0 Å². The van der Waals surface area contributed by atoms with Crippen molar-refractivity contribution in [2.75, 3.05) is 20.6 Å². The van der Waals surface area contributed by atoms with Crippen molar-refractivity contribution in [3.05, 3.63) is 102 Å². The van der Waals surface area contributed by atoms with E-state index in [2.05, 4.69) is 113 Å². The van der Waals surface area contributed by atoms with Crippen molar-refractivity contribution in [3.63, 3.8) is 0 Å². The fourth-order valence-electron chi connectivity index (χ4n) is 3.32. The van der Waals surface area contributed by atoms with Gasteiger partial charge in [0.15, 0.2) is 5.75 Å². The zero-order chi connectivity index (χ0) is 20.0. The van der Waals surface area contributed by atoms with E-state index < -0.39 is 0 Å². The first-order chi connectivity index (χ1) is 13.5. The molecule has 3 aromatic carbocycles. The van der Waals surface area contributed by atoms with Crippen molar-refractivity contribution in [2.45, 2.75) is 20.3 Å². The molecule has 0 amide bonds. The fraction of sp³-hybridized carbons (Fsp3) is 0.231. The summed E-state index contributed by atoms with van der Waals surface area (Å²) in [5.74, 6) is 0.890. The van der Waals surface area contributed by atoms with Gasteiger partial charge in [-0.2, -0.15) is 0 Å². The number of hydroxylamine groups is 3. The molecule has 0 atom stereocenters. The molecule has 3 rings (SSSR count). The molecule has 0 unspecified atom stereocenters. The lowest BCUT2D eigenvalue weighted by atomic mass is 9.88. The molecule has 2 nitrogen and oxygen atoms in total. The van der Waals surface area contributed by atoms with Crippen LogP contribution in [0.4, 0.5) is 0 Å². The van der Waals surface area contributed by atoms with E-state index >= 15 is 0 Å². The van der Waals surface area contributed by atoms with Crippen LogP contribution in [-0.2, 0) is 0 Å². The van der Waals surface area contributed by atoms with Crippen LogP contribution in [0, 0.1) is 0 Å². The molecule has 0 aliphatic heterocycles. The number of allylic oxidation sites excluding steroid dienone is 1. The van der Waals surface area contributed by atoms with Crippen molar-refractivity contribution in [3.8, 4) is 5.75 Å². The summed E-state index contributed by atoms with van der Waals surface area (Å²) in [6.45, 7) is 5.26. The van der Waals surface area contributed by atoms with Crippen molar-refractivity contribution >= 4 is 11.1 Å². The molecule has 3 aromatic rings. The van der Waals surface area contributed by atoms with E-state index in [9.17, 15) is 0 Å². The first-order valence-corrected chi connectivity index (χ1v) is 10.0. The molecule has 0 bridgehead atoms. The molecule has 0 heterocycles. The van der Waals surface area contributed by atoms with E-state index in [-0.39, 0.29) is 0 Å². The van der Waals surface area contributed by atoms with Gasteiger partial charge in [-0.3, -0.25) is 0 Å². The third-order valence-corrected chi connectivity index (χ3v) is 5.10. The molecular formula is C26H30NO+. The van der Waals surface area contributed by atoms with Crippen LogP contribution < -0.4 is 4.84 Å². The molecule has 144 valence electrons. The Labute approximate surface area is 169 Å². The van der Waals surface area contributed by atoms with E-state index in [1.54, 1.807) is 0 Å². The highest BCUT2D eigenvalue weighted by molar-refractivity contribution is 5.98. The van der Waals surface area contributed by atoms with Gasteiger partial charge in [0.05, 0.1) is 0 Å². The number of benzene rings is 3. The predicted molar refractivity (Wildman–Crippen MR) is 119 cm³/mol. The Balaban J connectivity index is 2.09. The average Bonchev–Trinajstić information content (AvgIpc) is 2.74. The maximum absolute atomic E-state index is 6.08. The Morgan fingerprint density at radius 3 is 1.68 bits per heavy atom. The molecule has 0 fully saturated rings. The van der Waals surface area contributed by atoms with E-state index in [1.165, 1.54) is 27.8 Å². The molecule has 0 aliphatic carbocycles. The van der Waals surface area contributed by atoms with Gasteiger partial charge in [0, 0.05) is 0 Å². The maximum Gasteiger partial charge on any atom is 0.190 e. The van der Waals surface area contributed by atoms with Gasteiger partial charge in [-0.15, -0.1) is 4.65 Å². The Hall–Kier alpha value is -2.84. The Kier molecular flexibility index (Phi) is 6.33. The highest BCUT2D eigenvalue weighted by Gasteiger charge is 2.16. The minimum absolute atomic E-state index is 0.505. The van der Waals surface area contributed by atoms with Crippen LogP contribution >= 0.6 is 0 Å². The monoisotopic (exact) mass is 372 g/mol. The van der Waals surface area contributed by atoms with Crippen LogP contribution in [0.3, 0.4) is 0 Å². The first kappa shape index (κ1) is 19.9. The summed E-state index contributed by atoms with van der Waals surface area (Å²) >= 11 is 0. The molecule has 0 saturated carbocycles. The quantitative estimate of drug-likeness (QED) is 0.263. The van der Waals surface area contributed by atoms with Gasteiger partial charge in [-0.25, -0.2) is 0 Å². The summed E-state index contributed by atoms with van der Waals surface area (Å²) in [7, 11) is 4.13. The summed E-state index contributed by atoms with van der Waals surface area (Å²) in [6.07, 6.45) is 0.965. The minimum atomic E-state index is 0.505. The van der Waals surface area contributed by atoms with E-state index in [0.29, 0.717) is 4.65 Å². The highest BCUT2D eigenvalue weighted by Crippen LogP contribution is 2.35. The van der Waals surface area contributed by atoms with Crippen molar-refractivity contribution in [1.82, 2.24) is 0 Å². The van der Waals surface area contributed by atoms with Gasteiger partial charge in [0.1, 0.15) is 20.6 Å². The summed E-state index contributed by atoms with van der Waals surface area (Å²) in [6, 6.07) is 29.8. The zero-order valence-corrected chi connectivity index (χ0v) is 17.4. The van der Waals surface area contributed by atoms with Crippen LogP contribution in [0.1, 0.15) is 37.0 Å². The van der Waals surface area contributed by atoms with Crippen LogP contribution in [0.15, 0.2) is 84.9 Å². The second kappa shape index (κ2) is 8.90. The topological polar surface area (TPSA) is 9.23 Å². The number of nitrogens with zero attached hydrogens (tertiary/aromatic N) is 1. The lowest BCUT2D eigenvalue weighted by molar-refractivity contribution is -1.05.